The molecule has 2 aliphatic heterocycles. The Morgan fingerprint density at radius 1 is 1.19 bits per heavy atom. The average molecular weight is 691 g/mol. The minimum atomic E-state index is -4.92. The van der Waals surface area contributed by atoms with Crippen LogP contribution < -0.4 is 25.8 Å². The molecule has 5 heterocycles. The minimum Gasteiger partial charge on any atom is -0.489 e. The molecule has 1 aromatic carbocycles. The number of pyridine rings is 2. The highest BCUT2D eigenvalue weighted by Crippen LogP contribution is 2.51. The molecule has 1 aliphatic carbocycles. The fourth-order valence-electron chi connectivity index (χ4n) is 7.20. The van der Waals surface area contributed by atoms with Gasteiger partial charge in [-0.05, 0) is 62.9 Å². The fraction of sp³-hybridized carbons (Fsp3) is 0.438. The van der Waals surface area contributed by atoms with Crippen molar-refractivity contribution in [1.82, 2.24) is 24.8 Å². The molecule has 0 bridgehead atoms. The van der Waals surface area contributed by atoms with Crippen LogP contribution in [0.1, 0.15) is 47.6 Å². The van der Waals surface area contributed by atoms with Gasteiger partial charge >= 0.3 is 12.2 Å². The van der Waals surface area contributed by atoms with Crippen molar-refractivity contribution in [3.63, 3.8) is 0 Å². The van der Waals surface area contributed by atoms with Crippen molar-refractivity contribution >= 4 is 40.0 Å². The Morgan fingerprint density at radius 2 is 1.98 bits per heavy atom. The second-order valence-corrected chi connectivity index (χ2v) is 12.8. The van der Waals surface area contributed by atoms with Crippen LogP contribution in [0.3, 0.4) is 0 Å². The van der Waals surface area contributed by atoms with Gasteiger partial charge in [0.25, 0.3) is 0 Å². The monoisotopic (exact) mass is 690 g/mol. The number of ether oxygens (including phenoxy) is 2. The molecule has 4 N–H and O–H groups in total. The van der Waals surface area contributed by atoms with E-state index in [0.717, 1.165) is 30.0 Å². The zero-order valence-corrected chi connectivity index (χ0v) is 26.8. The lowest BCUT2D eigenvalue weighted by Gasteiger charge is -2.36. The van der Waals surface area contributed by atoms with Crippen LogP contribution in [0.25, 0.3) is 22.2 Å². The smallest absolute Gasteiger partial charge is 0.418 e. The molecule has 1 fully saturated rings. The highest BCUT2D eigenvalue weighted by molar-refractivity contribution is 6.36. The number of rotatable bonds is 5. The third-order valence-electron chi connectivity index (χ3n) is 9.34. The summed E-state index contributed by atoms with van der Waals surface area (Å²) in [4.78, 5) is 21.0. The van der Waals surface area contributed by atoms with Crippen molar-refractivity contribution in [2.75, 3.05) is 49.7 Å². The molecule has 3 aromatic heterocycles. The molecule has 0 unspecified atom stereocenters. The molecule has 16 heteroatoms. The van der Waals surface area contributed by atoms with Gasteiger partial charge in [-0.2, -0.15) is 23.1 Å². The molecule has 1 saturated heterocycles. The van der Waals surface area contributed by atoms with Crippen LogP contribution in [0.4, 0.5) is 39.4 Å². The van der Waals surface area contributed by atoms with E-state index in [-0.39, 0.29) is 84.7 Å². The third kappa shape index (κ3) is 5.46. The Labute approximate surface area is 277 Å². The summed E-state index contributed by atoms with van der Waals surface area (Å²) in [5, 5.41) is -0.383. The Kier molecular flexibility index (Phi) is 8.09. The maximum atomic E-state index is 17.0. The number of anilines is 3. The number of aryl methyl sites for hydroxylation is 2. The predicted octanol–water partition coefficient (Wildman–Crippen LogP) is 6.07. The minimum absolute atomic E-state index is 0.00931. The number of likely N-dealkylation sites (N-methyl/N-ethyl adjacent to an activating group) is 1. The number of halogens is 6. The molecule has 0 saturated carbocycles. The number of fused-ring (bicyclic) bond motifs is 1. The summed E-state index contributed by atoms with van der Waals surface area (Å²) >= 11 is 6.80. The molecule has 0 amide bonds. The molecule has 3 aliphatic rings. The highest BCUT2D eigenvalue weighted by Gasteiger charge is 2.41. The maximum Gasteiger partial charge on any atom is 0.418 e. The zero-order chi connectivity index (χ0) is 34.1. The van der Waals surface area contributed by atoms with E-state index in [1.807, 2.05) is 11.0 Å². The van der Waals surface area contributed by atoms with Gasteiger partial charge in [0.2, 0.25) is 0 Å². The van der Waals surface area contributed by atoms with Gasteiger partial charge in [0.15, 0.2) is 11.6 Å². The predicted molar refractivity (Wildman–Crippen MR) is 170 cm³/mol. The molecule has 7 rings (SSSR count). The number of nitrogen functional groups attached to an aromatic ring is 2. The summed E-state index contributed by atoms with van der Waals surface area (Å²) < 4.78 is 86.5. The first-order valence-corrected chi connectivity index (χ1v) is 15.9. The number of likely N-dealkylation sites (tertiary alicyclic amines) is 1. The molecule has 4 aromatic rings. The van der Waals surface area contributed by atoms with Crippen LogP contribution >= 0.6 is 11.6 Å². The fourth-order valence-corrected chi connectivity index (χ4v) is 7.52. The van der Waals surface area contributed by atoms with E-state index in [4.69, 9.17) is 37.5 Å². The summed E-state index contributed by atoms with van der Waals surface area (Å²) in [5.74, 6) is -1.00. The summed E-state index contributed by atoms with van der Waals surface area (Å²) in [5.41, 5.74) is 10.8. The van der Waals surface area contributed by atoms with Crippen LogP contribution in [0.5, 0.6) is 11.8 Å². The van der Waals surface area contributed by atoms with Gasteiger partial charge in [-0.1, -0.05) is 11.6 Å². The molecule has 0 radical (unpaired) electrons. The first kappa shape index (κ1) is 32.3. The van der Waals surface area contributed by atoms with E-state index >= 15 is 4.39 Å². The van der Waals surface area contributed by atoms with Crippen LogP contribution in [0.2, 0.25) is 5.02 Å². The van der Waals surface area contributed by atoms with Gasteiger partial charge in [-0.15, -0.1) is 0 Å². The Morgan fingerprint density at radius 3 is 2.71 bits per heavy atom. The first-order valence-electron chi connectivity index (χ1n) is 15.5. The van der Waals surface area contributed by atoms with Crippen molar-refractivity contribution in [2.45, 2.75) is 57.0 Å². The van der Waals surface area contributed by atoms with Crippen molar-refractivity contribution in [1.29, 1.82) is 0 Å². The van der Waals surface area contributed by atoms with Gasteiger partial charge in [0.05, 0.1) is 39.8 Å². The van der Waals surface area contributed by atoms with E-state index < -0.39 is 40.0 Å². The Bertz CT molecular complexity index is 1930. The van der Waals surface area contributed by atoms with Crippen LogP contribution in [-0.4, -0.2) is 70.4 Å². The van der Waals surface area contributed by atoms with E-state index in [1.54, 1.807) is 18.1 Å². The van der Waals surface area contributed by atoms with Crippen LogP contribution in [0, 0.1) is 12.7 Å². The normalized spacial score (nSPS) is 21.2. The molecule has 3 atom stereocenters. The first-order chi connectivity index (χ1) is 22.8. The molecular weight excluding hydrogens is 659 g/mol. The number of alkyl halides is 4. The maximum absolute atomic E-state index is 17.0. The van der Waals surface area contributed by atoms with E-state index in [9.17, 15) is 17.6 Å². The van der Waals surface area contributed by atoms with Gasteiger partial charge < -0.3 is 25.8 Å². The molecule has 10 nitrogen and oxygen atoms in total. The Balaban J connectivity index is 1.47. The molecular formula is C32H32ClF5N8O2. The standard InChI is InChI=1S/C32H32ClF5N8O2/c1-14-10-19(39)42-26(23(14)32(36,37)38)21-24(33)28-22-27(25(21)35)43-31(48-13-17-11-16(34)12-45(17)2)44-30(22)46(8-9-47-28)18-5-3-4-15-6-7-41-29(40)20(15)18/h6-7,10,16-18H,3-5,8-9,11-13H2,1-2H3,(H2,39,42)(H2,40,41)/t16-,17+,18-/m1/s1. The summed E-state index contributed by atoms with van der Waals surface area (Å²) in [6.45, 7) is 1.67. The van der Waals surface area contributed by atoms with Gasteiger partial charge in [-0.3, -0.25) is 4.90 Å². The zero-order valence-electron chi connectivity index (χ0n) is 26.0. The lowest BCUT2D eigenvalue weighted by Crippen LogP contribution is -2.35. The van der Waals surface area contributed by atoms with Crippen molar-refractivity contribution in [3.05, 3.63) is 51.4 Å². The SMILES string of the molecule is Cc1cc(N)nc(-c2c(Cl)c3c4c(nc(OC[C@@H]5C[C@@H](F)CN5C)nc4c2F)N([C@@H]2CCCc4ccnc(N)c42)CCO3)c1C(F)(F)F. The molecule has 48 heavy (non-hydrogen) atoms. The number of nitrogens with zero attached hydrogens (tertiary/aromatic N) is 6. The van der Waals surface area contributed by atoms with Gasteiger partial charge in [0.1, 0.15) is 42.4 Å². The summed E-state index contributed by atoms with van der Waals surface area (Å²) in [6, 6.07) is 2.06. The number of hydrogen-bond acceptors (Lipinski definition) is 10. The second-order valence-electron chi connectivity index (χ2n) is 12.4. The number of benzene rings is 1. The average Bonchev–Trinajstić information content (AvgIpc) is 3.22. The lowest BCUT2D eigenvalue weighted by molar-refractivity contribution is -0.137. The number of aromatic nitrogens is 4. The van der Waals surface area contributed by atoms with Crippen LogP contribution in [-0.2, 0) is 12.6 Å². The molecule has 254 valence electrons. The van der Waals surface area contributed by atoms with Crippen molar-refractivity contribution in [3.8, 4) is 23.0 Å². The van der Waals surface area contributed by atoms with Gasteiger partial charge in [-0.25, -0.2) is 18.7 Å². The third-order valence-corrected chi connectivity index (χ3v) is 9.70. The Hall–Kier alpha value is -4.24. The topological polar surface area (TPSA) is 129 Å². The quantitative estimate of drug-likeness (QED) is 0.238. The van der Waals surface area contributed by atoms with E-state index in [2.05, 4.69) is 15.0 Å². The van der Waals surface area contributed by atoms with E-state index in [1.165, 1.54) is 6.92 Å². The number of nitrogens with two attached hydrogens (primary N) is 2. The van der Waals surface area contributed by atoms with E-state index in [0.29, 0.717) is 12.2 Å². The molecule has 0 spiro atoms. The lowest BCUT2D eigenvalue weighted by atomic mass is 9.87. The highest BCUT2D eigenvalue weighted by atomic mass is 35.5. The summed E-state index contributed by atoms with van der Waals surface area (Å²) in [6.07, 6.45) is -1.84. The number of hydrogen-bond donors (Lipinski definition) is 2. The van der Waals surface area contributed by atoms with Gasteiger partial charge in [0, 0.05) is 24.3 Å². The van der Waals surface area contributed by atoms with Crippen LogP contribution in [0.15, 0.2) is 18.3 Å². The summed E-state index contributed by atoms with van der Waals surface area (Å²) in [7, 11) is 1.76. The van der Waals surface area contributed by atoms with Crippen molar-refractivity contribution in [2.24, 2.45) is 0 Å². The second kappa shape index (κ2) is 12.0. The largest absolute Gasteiger partial charge is 0.489 e. The van der Waals surface area contributed by atoms with Crippen molar-refractivity contribution < 1.29 is 31.4 Å².